The second-order valence-corrected chi connectivity index (χ2v) is 6.84. The molecular weight excluding hydrogens is 328 g/mol. The molecule has 1 fully saturated rings. The molecule has 0 bridgehead atoms. The van der Waals surface area contributed by atoms with Crippen molar-refractivity contribution in [1.29, 1.82) is 0 Å². The third-order valence-corrected chi connectivity index (χ3v) is 4.74. The minimum atomic E-state index is 0.346. The van der Waals surface area contributed by atoms with Gasteiger partial charge >= 0.3 is 0 Å². The van der Waals surface area contributed by atoms with Crippen LogP contribution in [0.5, 0.6) is 5.75 Å². The Balaban J connectivity index is 1.95. The molecule has 0 aliphatic carbocycles. The number of rotatable bonds is 6. The van der Waals surface area contributed by atoms with Crippen molar-refractivity contribution in [2.75, 3.05) is 26.7 Å². The predicted molar refractivity (Wildman–Crippen MR) is 92.0 cm³/mol. The van der Waals surface area contributed by atoms with Gasteiger partial charge in [-0.25, -0.2) is 0 Å². The van der Waals surface area contributed by atoms with E-state index in [2.05, 4.69) is 65.2 Å². The van der Waals surface area contributed by atoms with Crippen LogP contribution in [-0.4, -0.2) is 37.7 Å². The minimum Gasteiger partial charge on any atom is -0.489 e. The monoisotopic (exact) mass is 354 g/mol. The fourth-order valence-corrected chi connectivity index (χ4v) is 3.13. The maximum absolute atomic E-state index is 6.16. The zero-order chi connectivity index (χ0) is 15.2. The van der Waals surface area contributed by atoms with Crippen molar-refractivity contribution < 1.29 is 4.74 Å². The molecule has 0 aromatic heterocycles. The van der Waals surface area contributed by atoms with Crippen LogP contribution in [0.15, 0.2) is 22.7 Å². The van der Waals surface area contributed by atoms with E-state index in [0.29, 0.717) is 12.1 Å². The number of nitrogens with one attached hydrogen (secondary N) is 1. The Labute approximate surface area is 137 Å². The molecule has 0 radical (unpaired) electrons. The Kier molecular flexibility index (Phi) is 6.52. The normalized spacial score (nSPS) is 18.7. The summed E-state index contributed by atoms with van der Waals surface area (Å²) in [7, 11) is 2.17. The van der Waals surface area contributed by atoms with E-state index < -0.39 is 0 Å². The van der Waals surface area contributed by atoms with Crippen molar-refractivity contribution >= 4 is 15.9 Å². The van der Waals surface area contributed by atoms with Crippen LogP contribution in [0.4, 0.5) is 0 Å². The van der Waals surface area contributed by atoms with Crippen molar-refractivity contribution in [3.63, 3.8) is 0 Å². The number of halogens is 1. The Morgan fingerprint density at radius 3 is 2.71 bits per heavy atom. The first-order chi connectivity index (χ1) is 10.1. The summed E-state index contributed by atoms with van der Waals surface area (Å²) in [6.07, 6.45) is 3.72. The summed E-state index contributed by atoms with van der Waals surface area (Å²) in [6, 6.07) is 6.82. The summed E-state index contributed by atoms with van der Waals surface area (Å²) >= 11 is 3.66. The lowest BCUT2D eigenvalue weighted by molar-refractivity contribution is 0.113. The maximum Gasteiger partial charge on any atom is 0.133 e. The van der Waals surface area contributed by atoms with Gasteiger partial charge in [0.1, 0.15) is 11.9 Å². The highest BCUT2D eigenvalue weighted by Gasteiger charge is 2.19. The van der Waals surface area contributed by atoms with Crippen molar-refractivity contribution in [3.05, 3.63) is 28.2 Å². The van der Waals surface area contributed by atoms with E-state index in [9.17, 15) is 0 Å². The quantitative estimate of drug-likeness (QED) is 0.835. The molecule has 1 N–H and O–H groups in total. The van der Waals surface area contributed by atoms with Crippen LogP contribution in [-0.2, 0) is 0 Å². The first-order valence-corrected chi connectivity index (χ1v) is 8.77. The third-order valence-electron chi connectivity index (χ3n) is 4.12. The minimum absolute atomic E-state index is 0.346. The highest BCUT2D eigenvalue weighted by Crippen LogP contribution is 2.30. The molecule has 1 aromatic rings. The van der Waals surface area contributed by atoms with Gasteiger partial charge in [-0.2, -0.15) is 0 Å². The van der Waals surface area contributed by atoms with Gasteiger partial charge in [-0.3, -0.25) is 0 Å². The molecule has 21 heavy (non-hydrogen) atoms. The van der Waals surface area contributed by atoms with Crippen LogP contribution in [0.1, 0.15) is 44.7 Å². The van der Waals surface area contributed by atoms with E-state index in [1.165, 1.54) is 5.56 Å². The Morgan fingerprint density at radius 1 is 1.38 bits per heavy atom. The maximum atomic E-state index is 6.16. The molecule has 1 atom stereocenters. The number of nitrogens with zero attached hydrogens (tertiary/aromatic N) is 1. The lowest BCUT2D eigenvalue weighted by Crippen LogP contribution is -2.35. The summed E-state index contributed by atoms with van der Waals surface area (Å²) in [5.74, 6) is 0.969. The van der Waals surface area contributed by atoms with Gasteiger partial charge in [-0.05, 0) is 73.4 Å². The number of likely N-dealkylation sites (tertiary alicyclic amines) is 1. The van der Waals surface area contributed by atoms with Crippen LogP contribution < -0.4 is 10.1 Å². The molecule has 0 amide bonds. The van der Waals surface area contributed by atoms with Crippen molar-refractivity contribution in [2.45, 2.75) is 45.3 Å². The Hall–Kier alpha value is -0.580. The summed E-state index contributed by atoms with van der Waals surface area (Å²) in [5.41, 5.74) is 1.30. The Morgan fingerprint density at radius 2 is 2.10 bits per heavy atom. The van der Waals surface area contributed by atoms with Crippen LogP contribution >= 0.6 is 15.9 Å². The molecule has 4 heteroatoms. The number of ether oxygens (including phenoxy) is 1. The number of hydrogen-bond acceptors (Lipinski definition) is 3. The van der Waals surface area contributed by atoms with Crippen LogP contribution in [0.25, 0.3) is 0 Å². The number of benzene rings is 1. The van der Waals surface area contributed by atoms with E-state index in [0.717, 1.165) is 49.1 Å². The molecule has 1 unspecified atom stereocenters. The second kappa shape index (κ2) is 8.16. The molecule has 1 saturated heterocycles. The van der Waals surface area contributed by atoms with Crippen molar-refractivity contribution in [1.82, 2.24) is 10.2 Å². The zero-order valence-corrected chi connectivity index (χ0v) is 14.9. The standard InChI is InChI=1S/C17H27BrN2O/c1-4-9-19-13(2)14-5-6-17(16(18)12-14)21-15-7-10-20(3)11-8-15/h5-6,12-13,15,19H,4,7-11H2,1-3H3. The lowest BCUT2D eigenvalue weighted by Gasteiger charge is -2.29. The van der Waals surface area contributed by atoms with Gasteiger partial charge in [0.15, 0.2) is 0 Å². The summed E-state index contributed by atoms with van der Waals surface area (Å²) in [6.45, 7) is 7.69. The smallest absolute Gasteiger partial charge is 0.133 e. The SMILES string of the molecule is CCCNC(C)c1ccc(OC2CCN(C)CC2)c(Br)c1. The molecule has 0 spiro atoms. The summed E-state index contributed by atoms with van der Waals surface area (Å²) < 4.78 is 7.22. The van der Waals surface area contributed by atoms with Crippen molar-refractivity contribution in [2.24, 2.45) is 0 Å². The molecule has 3 nitrogen and oxygen atoms in total. The van der Waals surface area contributed by atoms with E-state index in [1.54, 1.807) is 0 Å². The van der Waals surface area contributed by atoms with Crippen LogP contribution in [0, 0.1) is 0 Å². The average Bonchev–Trinajstić information content (AvgIpc) is 2.49. The van der Waals surface area contributed by atoms with Gasteiger partial charge in [-0.1, -0.05) is 13.0 Å². The highest BCUT2D eigenvalue weighted by molar-refractivity contribution is 9.10. The first-order valence-electron chi connectivity index (χ1n) is 7.98. The molecule has 1 aliphatic heterocycles. The Bertz CT molecular complexity index is 444. The van der Waals surface area contributed by atoms with Gasteiger partial charge in [-0.15, -0.1) is 0 Å². The number of piperidine rings is 1. The van der Waals surface area contributed by atoms with Gasteiger partial charge in [0.2, 0.25) is 0 Å². The van der Waals surface area contributed by atoms with Gasteiger partial charge in [0, 0.05) is 19.1 Å². The van der Waals surface area contributed by atoms with Gasteiger partial charge in [0.25, 0.3) is 0 Å². The van der Waals surface area contributed by atoms with Crippen LogP contribution in [0.2, 0.25) is 0 Å². The molecule has 1 aromatic carbocycles. The fraction of sp³-hybridized carbons (Fsp3) is 0.647. The van der Waals surface area contributed by atoms with E-state index in [4.69, 9.17) is 4.74 Å². The second-order valence-electron chi connectivity index (χ2n) is 5.99. The molecule has 118 valence electrons. The van der Waals surface area contributed by atoms with Crippen molar-refractivity contribution in [3.8, 4) is 5.75 Å². The third kappa shape index (κ3) is 4.97. The molecular formula is C17H27BrN2O. The summed E-state index contributed by atoms with van der Waals surface area (Å²) in [4.78, 5) is 2.36. The zero-order valence-electron chi connectivity index (χ0n) is 13.4. The summed E-state index contributed by atoms with van der Waals surface area (Å²) in [5, 5.41) is 3.51. The predicted octanol–water partition coefficient (Wildman–Crippen LogP) is 3.98. The van der Waals surface area contributed by atoms with E-state index >= 15 is 0 Å². The average molecular weight is 355 g/mol. The molecule has 1 aliphatic rings. The largest absolute Gasteiger partial charge is 0.489 e. The highest BCUT2D eigenvalue weighted by atomic mass is 79.9. The topological polar surface area (TPSA) is 24.5 Å². The first kappa shape index (κ1) is 16.8. The number of hydrogen-bond donors (Lipinski definition) is 1. The van der Waals surface area contributed by atoms with Gasteiger partial charge < -0.3 is 15.0 Å². The molecule has 2 rings (SSSR count). The van der Waals surface area contributed by atoms with E-state index in [-0.39, 0.29) is 0 Å². The van der Waals surface area contributed by atoms with Crippen LogP contribution in [0.3, 0.4) is 0 Å². The molecule has 0 saturated carbocycles. The fourth-order valence-electron chi connectivity index (χ4n) is 2.64. The van der Waals surface area contributed by atoms with E-state index in [1.807, 2.05) is 0 Å². The van der Waals surface area contributed by atoms with Gasteiger partial charge in [0.05, 0.1) is 4.47 Å². The lowest BCUT2D eigenvalue weighted by atomic mass is 10.1. The molecule has 1 heterocycles.